The SMILES string of the molecule is CON(C)C(=O)c1ccc(N2CC[C@H](Oc3ncccc3Cl)C2)c(C=O)c1. The lowest BCUT2D eigenvalue weighted by Crippen LogP contribution is -2.27. The molecular formula is C19H20ClN3O4. The summed E-state index contributed by atoms with van der Waals surface area (Å²) < 4.78 is 5.89. The fourth-order valence-corrected chi connectivity index (χ4v) is 3.16. The van der Waals surface area contributed by atoms with Gasteiger partial charge in [-0.15, -0.1) is 0 Å². The average molecular weight is 390 g/mol. The van der Waals surface area contributed by atoms with E-state index >= 15 is 0 Å². The number of ether oxygens (including phenoxy) is 1. The third-order valence-corrected chi connectivity index (χ3v) is 4.74. The van der Waals surface area contributed by atoms with Crippen molar-refractivity contribution in [3.8, 4) is 5.88 Å². The Morgan fingerprint density at radius 3 is 2.93 bits per heavy atom. The second-order valence-electron chi connectivity index (χ2n) is 6.14. The van der Waals surface area contributed by atoms with E-state index in [2.05, 4.69) is 9.88 Å². The second kappa shape index (κ2) is 8.37. The lowest BCUT2D eigenvalue weighted by atomic mass is 10.1. The van der Waals surface area contributed by atoms with Crippen LogP contribution in [0.3, 0.4) is 0 Å². The van der Waals surface area contributed by atoms with Gasteiger partial charge in [0.1, 0.15) is 11.1 Å². The van der Waals surface area contributed by atoms with Crippen molar-refractivity contribution in [3.05, 3.63) is 52.7 Å². The predicted molar refractivity (Wildman–Crippen MR) is 101 cm³/mol. The molecule has 27 heavy (non-hydrogen) atoms. The molecule has 1 saturated heterocycles. The van der Waals surface area contributed by atoms with Crippen LogP contribution < -0.4 is 9.64 Å². The zero-order valence-corrected chi connectivity index (χ0v) is 15.8. The van der Waals surface area contributed by atoms with Gasteiger partial charge in [0.25, 0.3) is 5.91 Å². The first kappa shape index (κ1) is 19.1. The average Bonchev–Trinajstić information content (AvgIpc) is 3.16. The fourth-order valence-electron chi connectivity index (χ4n) is 2.99. The quantitative estimate of drug-likeness (QED) is 0.558. The minimum Gasteiger partial charge on any atom is -0.471 e. The first-order valence-corrected chi connectivity index (χ1v) is 8.84. The van der Waals surface area contributed by atoms with Crippen molar-refractivity contribution in [2.75, 3.05) is 32.1 Å². The van der Waals surface area contributed by atoms with E-state index in [4.69, 9.17) is 21.2 Å². The van der Waals surface area contributed by atoms with E-state index in [1.165, 1.54) is 14.2 Å². The number of amides is 1. The molecule has 3 rings (SSSR count). The monoisotopic (exact) mass is 389 g/mol. The highest BCUT2D eigenvalue weighted by Crippen LogP contribution is 2.28. The molecule has 1 amide bonds. The van der Waals surface area contributed by atoms with Crippen molar-refractivity contribution >= 4 is 29.5 Å². The van der Waals surface area contributed by atoms with Gasteiger partial charge in [-0.05, 0) is 30.3 Å². The van der Waals surface area contributed by atoms with Crippen LogP contribution in [0.25, 0.3) is 0 Å². The van der Waals surface area contributed by atoms with Crippen LogP contribution in [0.4, 0.5) is 5.69 Å². The number of hydrogen-bond donors (Lipinski definition) is 0. The maximum absolute atomic E-state index is 12.2. The van der Waals surface area contributed by atoms with Crippen LogP contribution in [0.15, 0.2) is 36.5 Å². The summed E-state index contributed by atoms with van der Waals surface area (Å²) in [6.07, 6.45) is 3.07. The van der Waals surface area contributed by atoms with E-state index in [1.54, 1.807) is 36.5 Å². The van der Waals surface area contributed by atoms with E-state index < -0.39 is 0 Å². The van der Waals surface area contributed by atoms with Crippen LogP contribution in [-0.2, 0) is 4.84 Å². The maximum atomic E-state index is 12.2. The highest BCUT2D eigenvalue weighted by atomic mass is 35.5. The first-order valence-electron chi connectivity index (χ1n) is 8.47. The van der Waals surface area contributed by atoms with Gasteiger partial charge in [0, 0.05) is 43.0 Å². The number of carbonyl (C=O) groups is 2. The molecule has 1 fully saturated rings. The summed E-state index contributed by atoms with van der Waals surface area (Å²) in [6, 6.07) is 8.51. The van der Waals surface area contributed by atoms with Gasteiger partial charge < -0.3 is 9.64 Å². The van der Waals surface area contributed by atoms with E-state index in [-0.39, 0.29) is 12.0 Å². The van der Waals surface area contributed by atoms with E-state index in [9.17, 15) is 9.59 Å². The van der Waals surface area contributed by atoms with Crippen molar-refractivity contribution in [3.63, 3.8) is 0 Å². The molecule has 2 aromatic rings. The number of hydroxylamine groups is 2. The topological polar surface area (TPSA) is 72.0 Å². The summed E-state index contributed by atoms with van der Waals surface area (Å²) in [6.45, 7) is 1.32. The summed E-state index contributed by atoms with van der Waals surface area (Å²) in [5.74, 6) is 0.0877. The maximum Gasteiger partial charge on any atom is 0.277 e. The van der Waals surface area contributed by atoms with Gasteiger partial charge in [0.2, 0.25) is 5.88 Å². The number of halogens is 1. The minimum absolute atomic E-state index is 0.0853. The molecule has 0 bridgehead atoms. The Morgan fingerprint density at radius 2 is 2.22 bits per heavy atom. The van der Waals surface area contributed by atoms with Crippen LogP contribution in [-0.4, -0.2) is 55.6 Å². The number of nitrogens with zero attached hydrogens (tertiary/aromatic N) is 3. The van der Waals surface area contributed by atoms with Crippen molar-refractivity contribution < 1.29 is 19.2 Å². The molecule has 0 radical (unpaired) electrons. The molecule has 0 spiro atoms. The molecule has 0 saturated carbocycles. The molecule has 8 heteroatoms. The molecule has 0 N–H and O–H groups in total. The molecule has 2 heterocycles. The number of hydrogen-bond acceptors (Lipinski definition) is 6. The summed E-state index contributed by atoms with van der Waals surface area (Å²) in [5, 5.41) is 1.58. The van der Waals surface area contributed by atoms with E-state index in [0.717, 1.165) is 30.0 Å². The summed E-state index contributed by atoms with van der Waals surface area (Å²) in [7, 11) is 2.92. The van der Waals surface area contributed by atoms with Gasteiger partial charge in [-0.1, -0.05) is 11.6 Å². The molecule has 1 aliphatic heterocycles. The van der Waals surface area contributed by atoms with Crippen LogP contribution in [0.2, 0.25) is 5.02 Å². The Bertz CT molecular complexity index is 845. The van der Waals surface area contributed by atoms with Gasteiger partial charge in [-0.3, -0.25) is 14.4 Å². The van der Waals surface area contributed by atoms with Crippen molar-refractivity contribution in [2.24, 2.45) is 0 Å². The molecule has 0 unspecified atom stereocenters. The molecule has 7 nitrogen and oxygen atoms in total. The number of aldehydes is 1. The van der Waals surface area contributed by atoms with Gasteiger partial charge in [-0.25, -0.2) is 10.0 Å². The molecule has 1 aromatic carbocycles. The number of pyridine rings is 1. The molecular weight excluding hydrogens is 370 g/mol. The number of anilines is 1. The molecule has 1 atom stereocenters. The summed E-state index contributed by atoms with van der Waals surface area (Å²) in [4.78, 5) is 34.9. The van der Waals surface area contributed by atoms with Gasteiger partial charge in [0.15, 0.2) is 6.29 Å². The Hall–Kier alpha value is -2.64. The van der Waals surface area contributed by atoms with Crippen LogP contribution >= 0.6 is 11.6 Å². The number of aromatic nitrogens is 1. The zero-order valence-electron chi connectivity index (χ0n) is 15.1. The largest absolute Gasteiger partial charge is 0.471 e. The normalized spacial score (nSPS) is 16.3. The van der Waals surface area contributed by atoms with Gasteiger partial charge >= 0.3 is 0 Å². The highest BCUT2D eigenvalue weighted by Gasteiger charge is 2.27. The van der Waals surface area contributed by atoms with Gasteiger partial charge in [-0.2, -0.15) is 0 Å². The van der Waals surface area contributed by atoms with Crippen molar-refractivity contribution in [1.29, 1.82) is 0 Å². The minimum atomic E-state index is -0.320. The highest BCUT2D eigenvalue weighted by molar-refractivity contribution is 6.31. The van der Waals surface area contributed by atoms with Crippen LogP contribution in [0, 0.1) is 0 Å². The van der Waals surface area contributed by atoms with Crippen LogP contribution in [0.1, 0.15) is 27.1 Å². The van der Waals surface area contributed by atoms with Gasteiger partial charge in [0.05, 0.1) is 13.7 Å². The smallest absolute Gasteiger partial charge is 0.277 e. The predicted octanol–water partition coefficient (Wildman–Crippen LogP) is 2.84. The van der Waals surface area contributed by atoms with Crippen LogP contribution in [0.5, 0.6) is 5.88 Å². The Labute approximate surface area is 162 Å². The first-order chi connectivity index (χ1) is 13.0. The number of rotatable bonds is 6. The number of benzene rings is 1. The zero-order chi connectivity index (χ0) is 19.4. The molecule has 0 aliphatic carbocycles. The lowest BCUT2D eigenvalue weighted by Gasteiger charge is -2.21. The Balaban J connectivity index is 1.74. The van der Waals surface area contributed by atoms with Crippen molar-refractivity contribution in [1.82, 2.24) is 10.0 Å². The second-order valence-corrected chi connectivity index (χ2v) is 6.55. The third-order valence-electron chi connectivity index (χ3n) is 4.45. The molecule has 142 valence electrons. The van der Waals surface area contributed by atoms with E-state index in [0.29, 0.717) is 28.6 Å². The number of carbonyl (C=O) groups excluding carboxylic acids is 2. The third kappa shape index (κ3) is 4.20. The standard InChI is InChI=1S/C19H20ClN3O4/c1-22(26-2)19(25)13-5-6-17(14(10-13)12-24)23-9-7-15(11-23)27-18-16(20)4-3-8-21-18/h3-6,8,10,12,15H,7,9,11H2,1-2H3/t15-/m0/s1. The Morgan fingerprint density at radius 1 is 1.41 bits per heavy atom. The molecule has 1 aliphatic rings. The van der Waals surface area contributed by atoms with E-state index in [1.807, 2.05) is 0 Å². The Kier molecular flexibility index (Phi) is 5.93. The van der Waals surface area contributed by atoms with Crippen molar-refractivity contribution in [2.45, 2.75) is 12.5 Å². The lowest BCUT2D eigenvalue weighted by molar-refractivity contribution is -0.0756. The fraction of sp³-hybridized carbons (Fsp3) is 0.316. The summed E-state index contributed by atoms with van der Waals surface area (Å²) >= 11 is 6.09. The molecule has 1 aromatic heterocycles. The summed E-state index contributed by atoms with van der Waals surface area (Å²) in [5.41, 5.74) is 1.60.